The smallest absolute Gasteiger partial charge is 0.270 e. The molecule has 2 aromatic carbocycles. The molecule has 1 aliphatic heterocycles. The number of halogens is 2. The van der Waals surface area contributed by atoms with E-state index < -0.39 is 16.7 Å². The van der Waals surface area contributed by atoms with Crippen LogP contribution in [0.25, 0.3) is 17.4 Å². The molecule has 2 amide bonds. The van der Waals surface area contributed by atoms with Crippen molar-refractivity contribution in [2.24, 2.45) is 0 Å². The molecule has 0 bridgehead atoms. The number of nitrogens with zero attached hydrogens (tertiary/aromatic N) is 2. The fourth-order valence-corrected chi connectivity index (χ4v) is 3.69. The molecule has 0 unspecified atom stereocenters. The number of anilines is 1. The second-order valence-corrected chi connectivity index (χ2v) is 7.79. The predicted octanol–water partition coefficient (Wildman–Crippen LogP) is 4.99. The van der Waals surface area contributed by atoms with Crippen LogP contribution in [-0.2, 0) is 9.59 Å². The molecule has 1 fully saturated rings. The van der Waals surface area contributed by atoms with Crippen molar-refractivity contribution in [3.63, 3.8) is 0 Å². The van der Waals surface area contributed by atoms with E-state index in [0.29, 0.717) is 22.0 Å². The summed E-state index contributed by atoms with van der Waals surface area (Å²) in [5, 5.41) is 13.9. The van der Waals surface area contributed by atoms with Gasteiger partial charge in [-0.05, 0) is 60.8 Å². The van der Waals surface area contributed by atoms with Crippen LogP contribution in [0.1, 0.15) is 5.76 Å². The molecule has 2 heterocycles. The first kappa shape index (κ1) is 21.7. The first-order valence-electron chi connectivity index (χ1n) is 8.96. The van der Waals surface area contributed by atoms with Crippen molar-refractivity contribution in [1.82, 2.24) is 5.32 Å². The van der Waals surface area contributed by atoms with E-state index in [1.807, 2.05) is 0 Å². The number of amides is 2. The van der Waals surface area contributed by atoms with Crippen LogP contribution >= 0.6 is 35.4 Å². The van der Waals surface area contributed by atoms with Gasteiger partial charge < -0.3 is 4.42 Å². The summed E-state index contributed by atoms with van der Waals surface area (Å²) in [5.41, 5.74) is 0.512. The summed E-state index contributed by atoms with van der Waals surface area (Å²) in [6.07, 6.45) is 1.28. The Kier molecular flexibility index (Phi) is 5.79. The number of carbonyl (C=O) groups is 2. The van der Waals surface area contributed by atoms with Gasteiger partial charge in [0.15, 0.2) is 5.11 Å². The molecule has 0 spiro atoms. The summed E-state index contributed by atoms with van der Waals surface area (Å²) >= 11 is 17.2. The third-order valence-electron chi connectivity index (χ3n) is 4.53. The Balaban J connectivity index is 1.66. The molecule has 0 radical (unpaired) electrons. The molecule has 8 nitrogen and oxygen atoms in total. The Bertz CT molecular complexity index is 1320. The Morgan fingerprint density at radius 1 is 1.06 bits per heavy atom. The zero-order chi connectivity index (χ0) is 23.0. The number of furan rings is 1. The molecule has 4 rings (SSSR count). The highest BCUT2D eigenvalue weighted by Gasteiger charge is 2.34. The van der Waals surface area contributed by atoms with Crippen molar-refractivity contribution in [3.05, 3.63) is 86.1 Å². The van der Waals surface area contributed by atoms with Gasteiger partial charge in [-0.2, -0.15) is 0 Å². The van der Waals surface area contributed by atoms with Crippen LogP contribution < -0.4 is 10.2 Å². The van der Waals surface area contributed by atoms with E-state index in [1.54, 1.807) is 36.4 Å². The molecule has 0 aliphatic carbocycles. The van der Waals surface area contributed by atoms with Gasteiger partial charge in [-0.1, -0.05) is 23.2 Å². The number of non-ortho nitro benzene ring substituents is 1. The van der Waals surface area contributed by atoms with Crippen LogP contribution in [0.5, 0.6) is 0 Å². The van der Waals surface area contributed by atoms with Crippen LogP contribution in [0.15, 0.2) is 64.6 Å². The number of carbonyl (C=O) groups excluding carboxylic acids is 2. The van der Waals surface area contributed by atoms with Gasteiger partial charge in [-0.15, -0.1) is 0 Å². The highest BCUT2D eigenvalue weighted by molar-refractivity contribution is 7.80. The van der Waals surface area contributed by atoms with E-state index in [1.165, 1.54) is 29.2 Å². The zero-order valence-corrected chi connectivity index (χ0v) is 18.2. The maximum absolute atomic E-state index is 13.0. The molecular formula is C21H11Cl2N3O5S. The molecule has 11 heteroatoms. The number of hydrogen-bond acceptors (Lipinski definition) is 6. The summed E-state index contributed by atoms with van der Waals surface area (Å²) in [6, 6.07) is 13.5. The van der Waals surface area contributed by atoms with Crippen molar-refractivity contribution >= 4 is 69.8 Å². The van der Waals surface area contributed by atoms with Crippen molar-refractivity contribution in [2.45, 2.75) is 0 Å². The second-order valence-electron chi connectivity index (χ2n) is 6.56. The normalized spacial score (nSPS) is 15.2. The lowest BCUT2D eigenvalue weighted by atomic mass is 10.1. The van der Waals surface area contributed by atoms with Gasteiger partial charge in [0.25, 0.3) is 17.5 Å². The number of nitro groups is 1. The Labute approximate surface area is 196 Å². The lowest BCUT2D eigenvalue weighted by Crippen LogP contribution is -2.54. The monoisotopic (exact) mass is 487 g/mol. The van der Waals surface area contributed by atoms with E-state index in [-0.39, 0.29) is 27.2 Å². The van der Waals surface area contributed by atoms with Gasteiger partial charge in [0.2, 0.25) is 0 Å². The van der Waals surface area contributed by atoms with Gasteiger partial charge in [0.1, 0.15) is 17.1 Å². The number of rotatable bonds is 4. The van der Waals surface area contributed by atoms with E-state index in [2.05, 4.69) is 5.32 Å². The zero-order valence-electron chi connectivity index (χ0n) is 15.9. The molecule has 3 aromatic rings. The summed E-state index contributed by atoms with van der Waals surface area (Å²) in [7, 11) is 0. The van der Waals surface area contributed by atoms with Gasteiger partial charge in [-0.3, -0.25) is 29.9 Å². The molecule has 0 saturated carbocycles. The number of benzene rings is 2. The van der Waals surface area contributed by atoms with E-state index >= 15 is 0 Å². The van der Waals surface area contributed by atoms with Crippen LogP contribution in [-0.4, -0.2) is 21.9 Å². The van der Waals surface area contributed by atoms with Crippen molar-refractivity contribution in [2.75, 3.05) is 4.90 Å². The SMILES string of the molecule is O=C1NC(=S)N(c2ccc(Cl)cc2)C(=O)/C1=C/c1ccc(-c2ccc([N+](=O)[O-])cc2Cl)o1. The minimum absolute atomic E-state index is 0.0581. The summed E-state index contributed by atoms with van der Waals surface area (Å²) < 4.78 is 5.70. The maximum Gasteiger partial charge on any atom is 0.270 e. The lowest BCUT2D eigenvalue weighted by molar-refractivity contribution is -0.384. The van der Waals surface area contributed by atoms with Gasteiger partial charge in [-0.25, -0.2) is 0 Å². The minimum atomic E-state index is -0.670. The van der Waals surface area contributed by atoms with Crippen LogP contribution in [0.3, 0.4) is 0 Å². The summed E-state index contributed by atoms with van der Waals surface area (Å²) in [5.74, 6) is -0.786. The lowest BCUT2D eigenvalue weighted by Gasteiger charge is -2.28. The Morgan fingerprint density at radius 3 is 2.44 bits per heavy atom. The molecule has 1 saturated heterocycles. The number of thiocarbonyl (C=S) groups is 1. The fraction of sp³-hybridized carbons (Fsp3) is 0. The fourth-order valence-electron chi connectivity index (χ4n) is 3.02. The van der Waals surface area contributed by atoms with Gasteiger partial charge in [0, 0.05) is 22.7 Å². The van der Waals surface area contributed by atoms with Crippen molar-refractivity contribution in [1.29, 1.82) is 0 Å². The molecule has 0 atom stereocenters. The first-order valence-corrected chi connectivity index (χ1v) is 10.1. The van der Waals surface area contributed by atoms with E-state index in [4.69, 9.17) is 39.8 Å². The molecule has 1 N–H and O–H groups in total. The maximum atomic E-state index is 13.0. The first-order chi connectivity index (χ1) is 15.2. The molecule has 1 aliphatic rings. The number of hydrogen-bond donors (Lipinski definition) is 1. The Morgan fingerprint density at radius 2 is 1.78 bits per heavy atom. The molecular weight excluding hydrogens is 477 g/mol. The average molecular weight is 488 g/mol. The molecule has 32 heavy (non-hydrogen) atoms. The van der Waals surface area contributed by atoms with Crippen LogP contribution in [0, 0.1) is 10.1 Å². The van der Waals surface area contributed by atoms with Crippen molar-refractivity contribution in [3.8, 4) is 11.3 Å². The largest absolute Gasteiger partial charge is 0.457 e. The number of nitrogens with one attached hydrogen (secondary N) is 1. The van der Waals surface area contributed by atoms with Gasteiger partial charge >= 0.3 is 0 Å². The molecule has 160 valence electrons. The van der Waals surface area contributed by atoms with Crippen molar-refractivity contribution < 1.29 is 18.9 Å². The number of nitro benzene ring substituents is 1. The Hall–Kier alpha value is -3.53. The third kappa shape index (κ3) is 4.13. The highest BCUT2D eigenvalue weighted by Crippen LogP contribution is 2.33. The van der Waals surface area contributed by atoms with Crippen LogP contribution in [0.4, 0.5) is 11.4 Å². The third-order valence-corrected chi connectivity index (χ3v) is 5.38. The van der Waals surface area contributed by atoms with E-state index in [0.717, 1.165) is 0 Å². The average Bonchev–Trinajstić information content (AvgIpc) is 3.20. The second kappa shape index (κ2) is 8.54. The topological polar surface area (TPSA) is 106 Å². The van der Waals surface area contributed by atoms with Gasteiger partial charge in [0.05, 0.1) is 15.6 Å². The standard InChI is InChI=1S/C21H11Cl2N3O5S/c22-11-1-3-12(4-2-11)25-20(28)16(19(27)24-21(25)32)10-14-6-8-18(31-14)15-7-5-13(26(29)30)9-17(15)23/h1-10H,(H,24,27,32)/b16-10+. The quantitative estimate of drug-likeness (QED) is 0.182. The highest BCUT2D eigenvalue weighted by atomic mass is 35.5. The van der Waals surface area contributed by atoms with Crippen LogP contribution in [0.2, 0.25) is 10.0 Å². The predicted molar refractivity (Wildman–Crippen MR) is 123 cm³/mol. The minimum Gasteiger partial charge on any atom is -0.457 e. The molecule has 1 aromatic heterocycles. The van der Waals surface area contributed by atoms with E-state index in [9.17, 15) is 19.7 Å². The summed E-state index contributed by atoms with van der Waals surface area (Å²) in [4.78, 5) is 36.9. The summed E-state index contributed by atoms with van der Waals surface area (Å²) in [6.45, 7) is 0.